The Labute approximate surface area is 134 Å². The van der Waals surface area contributed by atoms with E-state index in [1.807, 2.05) is 14.0 Å². The number of nitrogens with one attached hydrogen (secondary N) is 2. The monoisotopic (exact) mass is 308 g/mol. The molecule has 0 radical (unpaired) electrons. The lowest BCUT2D eigenvalue weighted by molar-refractivity contribution is -0.121. The maximum absolute atomic E-state index is 11.8. The SMILES string of the molecule is CCC(C)NC(=O)CCNC(=NC)N1CCC2(CCCC2)C1. The number of amides is 1. The van der Waals surface area contributed by atoms with Crippen molar-refractivity contribution in [3.8, 4) is 0 Å². The molecule has 2 N–H and O–H groups in total. The van der Waals surface area contributed by atoms with E-state index in [1.54, 1.807) is 0 Å². The second-order valence-electron chi connectivity index (χ2n) is 6.98. The molecule has 0 aromatic rings. The molecule has 1 saturated carbocycles. The molecule has 1 saturated heterocycles. The normalized spacial score (nSPS) is 22.1. The lowest BCUT2D eigenvalue weighted by Crippen LogP contribution is -2.42. The van der Waals surface area contributed by atoms with Crippen LogP contribution in [0.4, 0.5) is 0 Å². The van der Waals surface area contributed by atoms with E-state index in [4.69, 9.17) is 0 Å². The first kappa shape index (κ1) is 17.1. The van der Waals surface area contributed by atoms with Gasteiger partial charge in [-0.25, -0.2) is 0 Å². The van der Waals surface area contributed by atoms with Crippen molar-refractivity contribution in [2.24, 2.45) is 10.4 Å². The molecule has 2 fully saturated rings. The van der Waals surface area contributed by atoms with E-state index >= 15 is 0 Å². The van der Waals surface area contributed by atoms with Crippen LogP contribution in [0.15, 0.2) is 4.99 Å². The number of hydrogen-bond acceptors (Lipinski definition) is 2. The highest BCUT2D eigenvalue weighted by Gasteiger charge is 2.40. The smallest absolute Gasteiger partial charge is 0.221 e. The van der Waals surface area contributed by atoms with E-state index in [0.717, 1.165) is 25.5 Å². The van der Waals surface area contributed by atoms with E-state index in [2.05, 4.69) is 27.4 Å². The maximum Gasteiger partial charge on any atom is 0.221 e. The summed E-state index contributed by atoms with van der Waals surface area (Å²) in [5.74, 6) is 1.08. The molecule has 126 valence electrons. The van der Waals surface area contributed by atoms with Crippen molar-refractivity contribution in [3.05, 3.63) is 0 Å². The fourth-order valence-electron chi connectivity index (χ4n) is 3.72. The highest BCUT2D eigenvalue weighted by atomic mass is 16.1. The molecular formula is C17H32N4O. The van der Waals surface area contributed by atoms with E-state index in [9.17, 15) is 4.79 Å². The maximum atomic E-state index is 11.8. The van der Waals surface area contributed by atoms with Crippen LogP contribution in [0, 0.1) is 5.41 Å². The van der Waals surface area contributed by atoms with Crippen LogP contribution in [0.2, 0.25) is 0 Å². The predicted octanol–water partition coefficient (Wildman–Crippen LogP) is 2.13. The van der Waals surface area contributed by atoms with Gasteiger partial charge in [0.15, 0.2) is 5.96 Å². The Morgan fingerprint density at radius 1 is 1.32 bits per heavy atom. The van der Waals surface area contributed by atoms with Gasteiger partial charge < -0.3 is 15.5 Å². The molecule has 0 aromatic heterocycles. The van der Waals surface area contributed by atoms with Crippen molar-refractivity contribution in [1.29, 1.82) is 0 Å². The zero-order valence-corrected chi connectivity index (χ0v) is 14.5. The molecule has 1 amide bonds. The second kappa shape index (κ2) is 7.84. The van der Waals surface area contributed by atoms with Gasteiger partial charge in [-0.2, -0.15) is 0 Å². The third kappa shape index (κ3) is 4.37. The quantitative estimate of drug-likeness (QED) is 0.604. The standard InChI is InChI=1S/C17H32N4O/c1-4-14(2)20-15(22)7-11-19-16(18-3)21-12-10-17(13-21)8-5-6-9-17/h14H,4-13H2,1-3H3,(H,18,19)(H,20,22). The Morgan fingerprint density at radius 3 is 2.68 bits per heavy atom. The Morgan fingerprint density at radius 2 is 2.05 bits per heavy atom. The number of likely N-dealkylation sites (tertiary alicyclic amines) is 1. The molecule has 2 aliphatic rings. The first-order valence-electron chi connectivity index (χ1n) is 8.83. The summed E-state index contributed by atoms with van der Waals surface area (Å²) in [5.41, 5.74) is 0.547. The number of hydrogen-bond donors (Lipinski definition) is 2. The van der Waals surface area contributed by atoms with Gasteiger partial charge in [-0.15, -0.1) is 0 Å². The molecular weight excluding hydrogens is 276 g/mol. The number of guanidine groups is 1. The molecule has 1 aliphatic heterocycles. The summed E-state index contributed by atoms with van der Waals surface area (Å²) in [6.45, 7) is 7.00. The summed E-state index contributed by atoms with van der Waals surface area (Å²) in [6, 6.07) is 0.257. The molecule has 5 heteroatoms. The van der Waals surface area contributed by atoms with E-state index in [0.29, 0.717) is 18.4 Å². The molecule has 1 heterocycles. The van der Waals surface area contributed by atoms with Crippen molar-refractivity contribution in [2.45, 2.75) is 64.8 Å². The first-order valence-corrected chi connectivity index (χ1v) is 8.83. The van der Waals surface area contributed by atoms with E-state index in [-0.39, 0.29) is 11.9 Å². The van der Waals surface area contributed by atoms with Crippen LogP contribution < -0.4 is 10.6 Å². The van der Waals surface area contributed by atoms with E-state index < -0.39 is 0 Å². The fraction of sp³-hybridized carbons (Fsp3) is 0.882. The summed E-state index contributed by atoms with van der Waals surface area (Å²) >= 11 is 0. The van der Waals surface area contributed by atoms with Gasteiger partial charge in [-0.3, -0.25) is 9.79 Å². The lowest BCUT2D eigenvalue weighted by atomic mass is 9.86. The Kier molecular flexibility index (Phi) is 6.09. The topological polar surface area (TPSA) is 56.7 Å². The van der Waals surface area contributed by atoms with Gasteiger partial charge in [0.05, 0.1) is 0 Å². The van der Waals surface area contributed by atoms with Gasteiger partial charge in [0, 0.05) is 39.1 Å². The van der Waals surface area contributed by atoms with Crippen molar-refractivity contribution >= 4 is 11.9 Å². The van der Waals surface area contributed by atoms with Crippen LogP contribution in [-0.4, -0.2) is 49.5 Å². The summed E-state index contributed by atoms with van der Waals surface area (Å²) < 4.78 is 0. The minimum Gasteiger partial charge on any atom is -0.356 e. The molecule has 1 atom stereocenters. The summed E-state index contributed by atoms with van der Waals surface area (Å²) in [5, 5.41) is 6.35. The summed E-state index contributed by atoms with van der Waals surface area (Å²) in [6.07, 6.45) is 8.28. The fourth-order valence-corrected chi connectivity index (χ4v) is 3.72. The van der Waals surface area contributed by atoms with Crippen LogP contribution >= 0.6 is 0 Å². The number of rotatable bonds is 5. The number of aliphatic imine (C=N–C) groups is 1. The number of carbonyl (C=O) groups is 1. The Balaban J connectivity index is 1.73. The average Bonchev–Trinajstić information content (AvgIpc) is 3.14. The van der Waals surface area contributed by atoms with Gasteiger partial charge in [0.1, 0.15) is 0 Å². The lowest BCUT2D eigenvalue weighted by Gasteiger charge is -2.26. The number of carbonyl (C=O) groups excluding carboxylic acids is 1. The van der Waals surface area contributed by atoms with Crippen molar-refractivity contribution in [1.82, 2.24) is 15.5 Å². The van der Waals surface area contributed by atoms with Gasteiger partial charge >= 0.3 is 0 Å². The van der Waals surface area contributed by atoms with Crippen LogP contribution in [0.3, 0.4) is 0 Å². The zero-order valence-electron chi connectivity index (χ0n) is 14.5. The van der Waals surface area contributed by atoms with Gasteiger partial charge in [0.2, 0.25) is 5.91 Å². The summed E-state index contributed by atoms with van der Waals surface area (Å²) in [7, 11) is 1.83. The molecule has 5 nitrogen and oxygen atoms in total. The third-order valence-corrected chi connectivity index (χ3v) is 5.27. The zero-order chi connectivity index (χ0) is 16.0. The van der Waals surface area contributed by atoms with Crippen LogP contribution in [0.25, 0.3) is 0 Å². The first-order chi connectivity index (χ1) is 10.6. The molecule has 1 spiro atoms. The average molecular weight is 308 g/mol. The largest absolute Gasteiger partial charge is 0.356 e. The van der Waals surface area contributed by atoms with Gasteiger partial charge in [-0.1, -0.05) is 19.8 Å². The highest BCUT2D eigenvalue weighted by molar-refractivity contribution is 5.81. The van der Waals surface area contributed by atoms with Gasteiger partial charge in [-0.05, 0) is 38.0 Å². The molecule has 1 aliphatic carbocycles. The van der Waals surface area contributed by atoms with Crippen molar-refractivity contribution < 1.29 is 4.79 Å². The van der Waals surface area contributed by atoms with Crippen molar-refractivity contribution in [2.75, 3.05) is 26.7 Å². The second-order valence-corrected chi connectivity index (χ2v) is 6.98. The minimum atomic E-state index is 0.117. The molecule has 0 bridgehead atoms. The highest BCUT2D eigenvalue weighted by Crippen LogP contribution is 2.45. The van der Waals surface area contributed by atoms with E-state index in [1.165, 1.54) is 32.1 Å². The molecule has 0 aromatic carbocycles. The minimum absolute atomic E-state index is 0.117. The van der Waals surface area contributed by atoms with Crippen LogP contribution in [0.5, 0.6) is 0 Å². The third-order valence-electron chi connectivity index (χ3n) is 5.27. The molecule has 1 unspecified atom stereocenters. The van der Waals surface area contributed by atoms with Crippen LogP contribution in [-0.2, 0) is 4.79 Å². The van der Waals surface area contributed by atoms with Crippen molar-refractivity contribution in [3.63, 3.8) is 0 Å². The Bertz CT molecular complexity index is 401. The number of nitrogens with zero attached hydrogens (tertiary/aromatic N) is 2. The van der Waals surface area contributed by atoms with Crippen LogP contribution in [0.1, 0.15) is 58.8 Å². The summed E-state index contributed by atoms with van der Waals surface area (Å²) in [4.78, 5) is 18.6. The molecule has 22 heavy (non-hydrogen) atoms. The predicted molar refractivity (Wildman–Crippen MR) is 91.0 cm³/mol. The molecule has 2 rings (SSSR count). The Hall–Kier alpha value is -1.26. The van der Waals surface area contributed by atoms with Gasteiger partial charge in [0.25, 0.3) is 0 Å².